The fourth-order valence-corrected chi connectivity index (χ4v) is 2.42. The number of methoxy groups -OCH3 is 1. The first kappa shape index (κ1) is 20.9. The van der Waals surface area contributed by atoms with Gasteiger partial charge in [0.2, 0.25) is 0 Å². The van der Waals surface area contributed by atoms with Gasteiger partial charge < -0.3 is 9.47 Å². The molecule has 0 unspecified atom stereocenters. The Morgan fingerprint density at radius 1 is 1.29 bits per heavy atom. The summed E-state index contributed by atoms with van der Waals surface area (Å²) in [5.41, 5.74) is 3.82. The van der Waals surface area contributed by atoms with Crippen molar-refractivity contribution in [3.8, 4) is 11.5 Å². The number of hydrazone groups is 1. The van der Waals surface area contributed by atoms with Crippen molar-refractivity contribution >= 4 is 17.8 Å². The standard InChI is InChI=1S/C20H23N3O5/c1-4-14(2)16-6-8-17(9-7-16)28-13-20(24)22-21-12-15-5-10-19(27-3)18(11-15)23(25)26/h5-12,14H,4,13H2,1-3H3,(H,22,24)/b21-12-/t14-/m1/s1. The van der Waals surface area contributed by atoms with Crippen LogP contribution in [0.2, 0.25) is 0 Å². The lowest BCUT2D eigenvalue weighted by Gasteiger charge is -2.10. The van der Waals surface area contributed by atoms with Gasteiger partial charge in [0.05, 0.1) is 18.2 Å². The van der Waals surface area contributed by atoms with Gasteiger partial charge in [0.25, 0.3) is 5.91 Å². The van der Waals surface area contributed by atoms with Crippen LogP contribution in [0.25, 0.3) is 0 Å². The summed E-state index contributed by atoms with van der Waals surface area (Å²) in [5.74, 6) is 0.779. The second-order valence-electron chi connectivity index (χ2n) is 6.15. The molecule has 0 spiro atoms. The molecule has 148 valence electrons. The molecule has 0 aromatic heterocycles. The number of rotatable bonds is 9. The molecule has 0 radical (unpaired) electrons. The third-order valence-electron chi connectivity index (χ3n) is 4.23. The van der Waals surface area contributed by atoms with Crippen molar-refractivity contribution in [1.29, 1.82) is 0 Å². The SMILES string of the molecule is CC[C@@H](C)c1ccc(OCC(=O)N/N=C\c2ccc(OC)c([N+](=O)[O-])c2)cc1. The van der Waals surface area contributed by atoms with Crippen molar-refractivity contribution in [2.24, 2.45) is 5.10 Å². The van der Waals surface area contributed by atoms with E-state index < -0.39 is 10.8 Å². The van der Waals surface area contributed by atoms with Crippen LogP contribution in [-0.2, 0) is 4.79 Å². The zero-order chi connectivity index (χ0) is 20.5. The van der Waals surface area contributed by atoms with Gasteiger partial charge in [-0.25, -0.2) is 5.43 Å². The van der Waals surface area contributed by atoms with Crippen molar-refractivity contribution in [3.63, 3.8) is 0 Å². The van der Waals surface area contributed by atoms with Crippen molar-refractivity contribution in [2.75, 3.05) is 13.7 Å². The van der Waals surface area contributed by atoms with Crippen LogP contribution in [0.4, 0.5) is 5.69 Å². The van der Waals surface area contributed by atoms with Crippen LogP contribution in [-0.4, -0.2) is 30.8 Å². The van der Waals surface area contributed by atoms with Crippen molar-refractivity contribution in [1.82, 2.24) is 5.43 Å². The van der Waals surface area contributed by atoms with Gasteiger partial charge in [0, 0.05) is 11.6 Å². The smallest absolute Gasteiger partial charge is 0.311 e. The molecule has 1 amide bonds. The van der Waals surface area contributed by atoms with E-state index in [-0.39, 0.29) is 18.0 Å². The molecule has 0 saturated heterocycles. The van der Waals surface area contributed by atoms with E-state index in [1.165, 1.54) is 31.0 Å². The topological polar surface area (TPSA) is 103 Å². The molecule has 0 aliphatic rings. The first-order chi connectivity index (χ1) is 13.4. The predicted molar refractivity (Wildman–Crippen MR) is 106 cm³/mol. The van der Waals surface area contributed by atoms with Crippen LogP contribution in [0.1, 0.15) is 37.3 Å². The van der Waals surface area contributed by atoms with E-state index in [9.17, 15) is 14.9 Å². The number of nitro benzene ring substituents is 1. The fourth-order valence-electron chi connectivity index (χ4n) is 2.42. The average Bonchev–Trinajstić information content (AvgIpc) is 2.71. The third-order valence-corrected chi connectivity index (χ3v) is 4.23. The van der Waals surface area contributed by atoms with Crippen LogP contribution in [0.15, 0.2) is 47.6 Å². The lowest BCUT2D eigenvalue weighted by molar-refractivity contribution is -0.385. The van der Waals surface area contributed by atoms with E-state index in [1.54, 1.807) is 6.07 Å². The number of hydrogen-bond acceptors (Lipinski definition) is 6. The highest BCUT2D eigenvalue weighted by molar-refractivity contribution is 5.84. The Kier molecular flexibility index (Phi) is 7.50. The molecule has 0 aliphatic heterocycles. The Morgan fingerprint density at radius 3 is 2.61 bits per heavy atom. The van der Waals surface area contributed by atoms with Crippen LogP contribution in [0, 0.1) is 10.1 Å². The summed E-state index contributed by atoms with van der Waals surface area (Å²) in [6.07, 6.45) is 2.36. The number of nitrogens with zero attached hydrogens (tertiary/aromatic N) is 2. The molecule has 2 aromatic rings. The molecule has 1 N–H and O–H groups in total. The van der Waals surface area contributed by atoms with Crippen LogP contribution < -0.4 is 14.9 Å². The molecule has 8 nitrogen and oxygen atoms in total. The second-order valence-corrected chi connectivity index (χ2v) is 6.15. The molecule has 0 fully saturated rings. The molecule has 2 aromatic carbocycles. The number of hydrogen-bond donors (Lipinski definition) is 1. The number of ether oxygens (including phenoxy) is 2. The molecule has 28 heavy (non-hydrogen) atoms. The highest BCUT2D eigenvalue weighted by Crippen LogP contribution is 2.26. The van der Waals surface area contributed by atoms with E-state index in [2.05, 4.69) is 24.4 Å². The molecule has 2 rings (SSSR count). The molecular weight excluding hydrogens is 362 g/mol. The number of benzene rings is 2. The maximum absolute atomic E-state index is 11.8. The van der Waals surface area contributed by atoms with E-state index >= 15 is 0 Å². The zero-order valence-corrected chi connectivity index (χ0v) is 16.0. The van der Waals surface area contributed by atoms with Crippen LogP contribution in [0.5, 0.6) is 11.5 Å². The maximum atomic E-state index is 11.8. The Balaban J connectivity index is 1.87. The largest absolute Gasteiger partial charge is 0.490 e. The molecule has 0 heterocycles. The molecular formula is C20H23N3O5. The number of carbonyl (C=O) groups is 1. The molecule has 0 bridgehead atoms. The Labute approximate surface area is 163 Å². The summed E-state index contributed by atoms with van der Waals surface area (Å²) >= 11 is 0. The second kappa shape index (κ2) is 10.1. The van der Waals surface area contributed by atoms with Crippen molar-refractivity contribution in [3.05, 3.63) is 63.7 Å². The van der Waals surface area contributed by atoms with Crippen LogP contribution in [0.3, 0.4) is 0 Å². The number of nitro groups is 1. The fraction of sp³-hybridized carbons (Fsp3) is 0.300. The molecule has 1 atom stereocenters. The van der Waals surface area contributed by atoms with E-state index in [1.807, 2.05) is 24.3 Å². The van der Waals surface area contributed by atoms with Crippen molar-refractivity contribution in [2.45, 2.75) is 26.2 Å². The average molecular weight is 385 g/mol. The van der Waals surface area contributed by atoms with Gasteiger partial charge in [-0.2, -0.15) is 5.10 Å². The molecule has 8 heteroatoms. The van der Waals surface area contributed by atoms with Gasteiger partial charge in [0.1, 0.15) is 5.75 Å². The quantitative estimate of drug-likeness (QED) is 0.403. The lowest BCUT2D eigenvalue weighted by atomic mass is 9.99. The normalized spacial score (nSPS) is 11.8. The van der Waals surface area contributed by atoms with E-state index in [4.69, 9.17) is 9.47 Å². The maximum Gasteiger partial charge on any atom is 0.311 e. The highest BCUT2D eigenvalue weighted by Gasteiger charge is 2.14. The van der Waals surface area contributed by atoms with Crippen LogP contribution >= 0.6 is 0 Å². The number of nitrogens with one attached hydrogen (secondary N) is 1. The summed E-state index contributed by atoms with van der Waals surface area (Å²) in [5, 5.41) is 14.8. The first-order valence-corrected chi connectivity index (χ1v) is 8.81. The Hall–Kier alpha value is -3.42. The van der Waals surface area contributed by atoms with Gasteiger partial charge in [-0.15, -0.1) is 0 Å². The number of carbonyl (C=O) groups excluding carboxylic acids is 1. The minimum atomic E-state index is -0.547. The zero-order valence-electron chi connectivity index (χ0n) is 16.0. The van der Waals surface area contributed by atoms with Gasteiger partial charge in [-0.3, -0.25) is 14.9 Å². The summed E-state index contributed by atoms with van der Waals surface area (Å²) in [7, 11) is 1.36. The van der Waals surface area contributed by atoms with Gasteiger partial charge in [0.15, 0.2) is 12.4 Å². The summed E-state index contributed by atoms with van der Waals surface area (Å²) in [6, 6.07) is 12.0. The first-order valence-electron chi connectivity index (χ1n) is 8.81. The van der Waals surface area contributed by atoms with E-state index in [0.717, 1.165) is 6.42 Å². The van der Waals surface area contributed by atoms with Gasteiger partial charge >= 0.3 is 5.69 Å². The molecule has 0 aliphatic carbocycles. The third kappa shape index (κ3) is 5.80. The highest BCUT2D eigenvalue weighted by atomic mass is 16.6. The molecule has 0 saturated carbocycles. The Morgan fingerprint density at radius 2 is 2.00 bits per heavy atom. The number of amides is 1. The monoisotopic (exact) mass is 385 g/mol. The summed E-state index contributed by atoms with van der Waals surface area (Å²) in [4.78, 5) is 22.3. The predicted octanol–water partition coefficient (Wildman–Crippen LogP) is 3.65. The minimum Gasteiger partial charge on any atom is -0.490 e. The minimum absolute atomic E-state index is 0.152. The van der Waals surface area contributed by atoms with E-state index in [0.29, 0.717) is 17.2 Å². The summed E-state index contributed by atoms with van der Waals surface area (Å²) < 4.78 is 10.4. The summed E-state index contributed by atoms with van der Waals surface area (Å²) in [6.45, 7) is 4.09. The Bertz CT molecular complexity index is 849. The van der Waals surface area contributed by atoms with Gasteiger partial charge in [-0.1, -0.05) is 26.0 Å². The lowest BCUT2D eigenvalue weighted by Crippen LogP contribution is -2.24. The van der Waals surface area contributed by atoms with Crippen molar-refractivity contribution < 1.29 is 19.2 Å². The van der Waals surface area contributed by atoms with Gasteiger partial charge in [-0.05, 0) is 42.2 Å².